The topological polar surface area (TPSA) is 84.1 Å². The minimum atomic E-state index is -0.930. The zero-order valence-corrected chi connectivity index (χ0v) is 35.4. The van der Waals surface area contributed by atoms with Crippen molar-refractivity contribution in [1.29, 1.82) is 0 Å². The van der Waals surface area contributed by atoms with E-state index in [1.54, 1.807) is 24.3 Å². The summed E-state index contributed by atoms with van der Waals surface area (Å²) < 4.78 is 4.15. The Morgan fingerprint density at radius 1 is 0.732 bits per heavy atom. The first-order valence-electron chi connectivity index (χ1n) is 18.5. The van der Waals surface area contributed by atoms with Crippen molar-refractivity contribution in [3.05, 3.63) is 175 Å². The molecule has 0 unspecified atom stereocenters. The number of rotatable bonds is 9. The fourth-order valence-electron chi connectivity index (χ4n) is 8.36. The number of carbonyl (C=O) groups is 2. The molecule has 0 spiro atoms. The first-order chi connectivity index (χ1) is 26.6. The van der Waals surface area contributed by atoms with Gasteiger partial charge >= 0.3 is 11.9 Å². The van der Waals surface area contributed by atoms with Gasteiger partial charge in [-0.15, -0.1) is 0 Å². The lowest BCUT2D eigenvalue weighted by Gasteiger charge is -2.28. The number of allylic oxidation sites excluding steroid dienone is 9. The zero-order chi connectivity index (χ0) is 40.1. The molecule has 0 atom stereocenters. The number of benzene rings is 4. The summed E-state index contributed by atoms with van der Waals surface area (Å²) in [6, 6.07) is 27.5. The van der Waals surface area contributed by atoms with E-state index in [9.17, 15) is 19.8 Å². The molecule has 0 fully saturated rings. The van der Waals surface area contributed by atoms with Crippen LogP contribution in [0.1, 0.15) is 72.4 Å². The number of carboxylic acid groups (broad SMARTS) is 2. The molecule has 1 aliphatic carbocycles. The van der Waals surface area contributed by atoms with E-state index in [4.69, 9.17) is 0 Å². The van der Waals surface area contributed by atoms with Gasteiger partial charge in [-0.1, -0.05) is 70.0 Å². The number of halogens is 2. The molecule has 56 heavy (non-hydrogen) atoms. The van der Waals surface area contributed by atoms with Gasteiger partial charge in [-0.3, -0.25) is 0 Å². The van der Waals surface area contributed by atoms with Crippen LogP contribution < -0.4 is 9.80 Å². The molecule has 0 bridgehead atoms. The second-order valence-electron chi connectivity index (χ2n) is 15.5. The fraction of sp³-hybridized carbons (Fsp3) is 0.213. The second kappa shape index (κ2) is 15.0. The van der Waals surface area contributed by atoms with Crippen LogP contribution in [-0.2, 0) is 10.8 Å². The van der Waals surface area contributed by atoms with Crippen LogP contribution in [0.5, 0.6) is 0 Å². The highest BCUT2D eigenvalue weighted by molar-refractivity contribution is 9.10. The van der Waals surface area contributed by atoms with Gasteiger partial charge in [0.15, 0.2) is 5.71 Å². The van der Waals surface area contributed by atoms with E-state index in [1.807, 2.05) is 26.2 Å². The number of aromatic carboxylic acids is 2. The summed E-state index contributed by atoms with van der Waals surface area (Å²) in [4.78, 5) is 28.1. The second-order valence-corrected chi connectivity index (χ2v) is 17.3. The average molecular weight is 875 g/mol. The number of nitrogens with zero attached hydrogens (tertiary/aromatic N) is 3. The Kier molecular flexibility index (Phi) is 10.5. The third-order valence-corrected chi connectivity index (χ3v) is 12.4. The molecule has 2 aliphatic heterocycles. The molecule has 0 saturated carbocycles. The van der Waals surface area contributed by atoms with Gasteiger partial charge in [0.2, 0.25) is 5.69 Å². The Hall–Kier alpha value is -5.25. The molecule has 9 heteroatoms. The van der Waals surface area contributed by atoms with Crippen molar-refractivity contribution in [2.45, 2.75) is 51.4 Å². The van der Waals surface area contributed by atoms with E-state index < -0.39 is 22.8 Å². The number of hydrogen-bond donors (Lipinski definition) is 2. The van der Waals surface area contributed by atoms with Crippen LogP contribution in [0.25, 0.3) is 0 Å². The van der Waals surface area contributed by atoms with E-state index in [2.05, 4.69) is 159 Å². The van der Waals surface area contributed by atoms with Crippen LogP contribution in [0.3, 0.4) is 0 Å². The van der Waals surface area contributed by atoms with E-state index in [0.29, 0.717) is 0 Å². The number of anilines is 3. The van der Waals surface area contributed by atoms with Gasteiger partial charge in [0.05, 0.1) is 22.2 Å². The third-order valence-electron chi connectivity index (χ3n) is 11.3. The quantitative estimate of drug-likeness (QED) is 0.163. The van der Waals surface area contributed by atoms with Gasteiger partial charge < -0.3 is 20.0 Å². The van der Waals surface area contributed by atoms with E-state index in [1.165, 1.54) is 11.1 Å². The van der Waals surface area contributed by atoms with Crippen LogP contribution in [0.2, 0.25) is 0 Å². The molecule has 2 heterocycles. The standard InChI is InChI=1S/C47H43Br2N3O4/c1-46(2)37-27-31(44(53)54)15-25-39(37)50(5)41(46)11-7-9-29-13-14-30(43(29)52(35-21-17-33(48)18-22-35)36-23-19-34(49)20-24-36)10-8-12-42-47(3,4)38-28-32(45(55)56)16-26-40(38)51(42)6/h7-12,15-28H,13-14H2,1-6H3,(H-,53,54,55,56)/p+1. The predicted molar refractivity (Wildman–Crippen MR) is 233 cm³/mol. The molecule has 3 aliphatic rings. The zero-order valence-electron chi connectivity index (χ0n) is 32.3. The van der Waals surface area contributed by atoms with E-state index in [0.717, 1.165) is 72.8 Å². The lowest BCUT2D eigenvalue weighted by atomic mass is 9.81. The Labute approximate surface area is 345 Å². The average Bonchev–Trinajstić information content (AvgIpc) is 3.71. The smallest absolute Gasteiger partial charge is 0.335 e. The summed E-state index contributed by atoms with van der Waals surface area (Å²) in [7, 11) is 4.07. The molecule has 4 aromatic rings. The molecule has 4 aromatic carbocycles. The summed E-state index contributed by atoms with van der Waals surface area (Å²) in [5, 5.41) is 19.4. The molecule has 0 amide bonds. The summed E-state index contributed by atoms with van der Waals surface area (Å²) in [5.74, 6) is -1.86. The SMILES string of the molecule is CN1C(=CC=CC2=C(N(c3ccc(Br)cc3)c3ccc(Br)cc3)C(=CC=CC3=[N+](C)c4ccc(C(=O)O)cc4C3(C)C)CC2)C(C)(C)c2cc(C(=O)O)ccc21. The van der Waals surface area contributed by atoms with E-state index in [-0.39, 0.29) is 11.1 Å². The minimum absolute atomic E-state index is 0.288. The van der Waals surface area contributed by atoms with Crippen LogP contribution >= 0.6 is 31.9 Å². The van der Waals surface area contributed by atoms with Crippen LogP contribution in [-0.4, -0.2) is 46.5 Å². The van der Waals surface area contributed by atoms with E-state index >= 15 is 0 Å². The van der Waals surface area contributed by atoms with Gasteiger partial charge in [0.1, 0.15) is 7.05 Å². The maximum absolute atomic E-state index is 11.8. The Morgan fingerprint density at radius 3 is 1.88 bits per heavy atom. The number of hydrogen-bond acceptors (Lipinski definition) is 4. The highest BCUT2D eigenvalue weighted by Gasteiger charge is 2.43. The van der Waals surface area contributed by atoms with Crippen molar-refractivity contribution in [3.8, 4) is 0 Å². The number of likely N-dealkylation sites (N-methyl/N-ethyl adjacent to an activating group) is 1. The molecule has 2 N–H and O–H groups in total. The van der Waals surface area contributed by atoms with Crippen molar-refractivity contribution < 1.29 is 24.4 Å². The van der Waals surface area contributed by atoms with Crippen LogP contribution in [0.15, 0.2) is 153 Å². The summed E-state index contributed by atoms with van der Waals surface area (Å²) >= 11 is 7.26. The lowest BCUT2D eigenvalue weighted by Crippen LogP contribution is -2.26. The molecule has 284 valence electrons. The van der Waals surface area contributed by atoms with Gasteiger partial charge in [-0.05, 0) is 128 Å². The first-order valence-corrected chi connectivity index (χ1v) is 20.1. The van der Waals surface area contributed by atoms with Crippen molar-refractivity contribution in [3.63, 3.8) is 0 Å². The maximum atomic E-state index is 11.8. The molecule has 0 saturated heterocycles. The molecule has 0 aromatic heterocycles. The Morgan fingerprint density at radius 2 is 1.29 bits per heavy atom. The molecule has 7 rings (SSSR count). The third kappa shape index (κ3) is 7.03. The van der Waals surface area contributed by atoms with Gasteiger partial charge in [-0.2, -0.15) is 4.58 Å². The lowest BCUT2D eigenvalue weighted by molar-refractivity contribution is -0.401. The minimum Gasteiger partial charge on any atom is -0.478 e. The summed E-state index contributed by atoms with van der Waals surface area (Å²) in [6.45, 7) is 8.56. The summed E-state index contributed by atoms with van der Waals surface area (Å²) in [6.07, 6.45) is 14.7. The molecular weight excluding hydrogens is 830 g/mol. The van der Waals surface area contributed by atoms with Gasteiger partial charge in [0, 0.05) is 61.9 Å². The van der Waals surface area contributed by atoms with Crippen molar-refractivity contribution >= 4 is 72.3 Å². The first kappa shape index (κ1) is 39.0. The normalized spacial score (nSPS) is 18.5. The van der Waals surface area contributed by atoms with Crippen molar-refractivity contribution in [1.82, 2.24) is 0 Å². The number of fused-ring (bicyclic) bond motifs is 2. The molecular formula is C47H44Br2N3O4+. The largest absolute Gasteiger partial charge is 0.478 e. The van der Waals surface area contributed by atoms with Crippen LogP contribution in [0.4, 0.5) is 22.7 Å². The monoisotopic (exact) mass is 872 g/mol. The molecule has 0 radical (unpaired) electrons. The summed E-state index contributed by atoms with van der Waals surface area (Å²) in [5.41, 5.74) is 11.5. The molecule has 7 nitrogen and oxygen atoms in total. The predicted octanol–water partition coefficient (Wildman–Crippen LogP) is 11.9. The van der Waals surface area contributed by atoms with Crippen molar-refractivity contribution in [2.24, 2.45) is 0 Å². The van der Waals surface area contributed by atoms with Crippen LogP contribution in [0, 0.1) is 0 Å². The van der Waals surface area contributed by atoms with Crippen molar-refractivity contribution in [2.75, 3.05) is 23.9 Å². The maximum Gasteiger partial charge on any atom is 0.335 e. The highest BCUT2D eigenvalue weighted by Crippen LogP contribution is 2.48. The number of carboxylic acids is 2. The Balaban J connectivity index is 1.32. The Bertz CT molecular complexity index is 2420. The van der Waals surface area contributed by atoms with Gasteiger partial charge in [0.25, 0.3) is 0 Å². The fourth-order valence-corrected chi connectivity index (χ4v) is 8.89. The highest BCUT2D eigenvalue weighted by atomic mass is 79.9. The van der Waals surface area contributed by atoms with Gasteiger partial charge in [-0.25, -0.2) is 9.59 Å².